The normalized spacial score (nSPS) is 11.7. The number of benzene rings is 2. The molecule has 0 saturated carbocycles. The van der Waals surface area contributed by atoms with Crippen molar-refractivity contribution >= 4 is 33.1 Å². The molecule has 0 atom stereocenters. The Kier molecular flexibility index (Phi) is 2.14. The van der Waals surface area contributed by atoms with E-state index < -0.39 is 0 Å². The van der Waals surface area contributed by atoms with E-state index in [2.05, 4.69) is 0 Å². The van der Waals surface area contributed by atoms with Gasteiger partial charge in [0, 0.05) is 17.0 Å². The molecule has 2 N–H and O–H groups in total. The van der Waals surface area contributed by atoms with Gasteiger partial charge < -0.3 is 19.0 Å². The summed E-state index contributed by atoms with van der Waals surface area (Å²) in [5.41, 5.74) is 0.481. The molecule has 0 fully saturated rings. The van der Waals surface area contributed by atoms with Gasteiger partial charge in [0.1, 0.15) is 33.4 Å². The third kappa shape index (κ3) is 1.43. The SMILES string of the molecule is Cc1c(O)cc2oc3oc4ccccc4c3c(=O)c2c1O. The zero-order valence-electron chi connectivity index (χ0n) is 11.0. The number of aromatic hydroxyl groups is 2. The lowest BCUT2D eigenvalue weighted by Crippen LogP contribution is -2.02. The Morgan fingerprint density at radius 2 is 1.71 bits per heavy atom. The Hall–Kier alpha value is -2.95. The van der Waals surface area contributed by atoms with Crippen molar-refractivity contribution in [2.45, 2.75) is 6.92 Å². The average Bonchev–Trinajstić information content (AvgIpc) is 2.83. The summed E-state index contributed by atoms with van der Waals surface area (Å²) in [4.78, 5) is 12.7. The number of hydrogen-bond acceptors (Lipinski definition) is 5. The highest BCUT2D eigenvalue weighted by molar-refractivity contribution is 6.07. The van der Waals surface area contributed by atoms with E-state index in [1.807, 2.05) is 0 Å². The van der Waals surface area contributed by atoms with E-state index in [0.29, 0.717) is 16.4 Å². The third-order valence-corrected chi connectivity index (χ3v) is 3.71. The van der Waals surface area contributed by atoms with Crippen LogP contribution in [0.25, 0.3) is 33.1 Å². The summed E-state index contributed by atoms with van der Waals surface area (Å²) in [6.45, 7) is 1.53. The van der Waals surface area contributed by atoms with E-state index in [4.69, 9.17) is 8.83 Å². The van der Waals surface area contributed by atoms with Crippen LogP contribution >= 0.6 is 0 Å². The molecule has 5 nitrogen and oxygen atoms in total. The van der Waals surface area contributed by atoms with E-state index in [9.17, 15) is 15.0 Å². The lowest BCUT2D eigenvalue weighted by molar-refractivity contribution is 0.444. The summed E-state index contributed by atoms with van der Waals surface area (Å²) >= 11 is 0. The van der Waals surface area contributed by atoms with E-state index in [0.717, 1.165) is 0 Å². The molecule has 0 unspecified atom stereocenters. The van der Waals surface area contributed by atoms with Gasteiger partial charge >= 0.3 is 5.78 Å². The number of para-hydroxylation sites is 1. The second-order valence-electron chi connectivity index (χ2n) is 4.93. The van der Waals surface area contributed by atoms with Crippen LogP contribution in [0.3, 0.4) is 0 Å². The van der Waals surface area contributed by atoms with Crippen molar-refractivity contribution in [1.82, 2.24) is 0 Å². The molecule has 2 aromatic heterocycles. The number of furan rings is 1. The molecule has 4 aromatic rings. The van der Waals surface area contributed by atoms with Gasteiger partial charge in [-0.3, -0.25) is 4.79 Å². The molecular formula is C16H10O5. The molecule has 2 heterocycles. The number of fused-ring (bicyclic) bond motifs is 4. The van der Waals surface area contributed by atoms with Gasteiger partial charge in [0.2, 0.25) is 5.43 Å². The second kappa shape index (κ2) is 3.79. The molecule has 21 heavy (non-hydrogen) atoms. The zero-order valence-corrected chi connectivity index (χ0v) is 11.0. The van der Waals surface area contributed by atoms with E-state index in [1.54, 1.807) is 24.3 Å². The molecular weight excluding hydrogens is 272 g/mol. The summed E-state index contributed by atoms with van der Waals surface area (Å²) < 4.78 is 11.1. The highest BCUT2D eigenvalue weighted by atomic mass is 16.5. The van der Waals surface area contributed by atoms with Crippen molar-refractivity contribution in [1.29, 1.82) is 0 Å². The second-order valence-corrected chi connectivity index (χ2v) is 4.93. The van der Waals surface area contributed by atoms with Crippen molar-refractivity contribution in [3.05, 3.63) is 46.1 Å². The van der Waals surface area contributed by atoms with Crippen LogP contribution in [0.1, 0.15) is 5.56 Å². The van der Waals surface area contributed by atoms with Crippen molar-refractivity contribution in [2.24, 2.45) is 0 Å². The van der Waals surface area contributed by atoms with Crippen molar-refractivity contribution in [3.8, 4) is 11.5 Å². The Balaban J connectivity index is 2.35. The summed E-state index contributed by atoms with van der Waals surface area (Å²) in [5, 5.41) is 20.9. The standard InChI is InChI=1S/C16H10O5/c1-7-9(17)6-11-13(14(7)18)15(19)12-8-4-2-3-5-10(8)20-16(12)21-11/h2-6,17-18H,1H3. The molecule has 0 aliphatic rings. The van der Waals surface area contributed by atoms with Crippen LogP contribution in [0.5, 0.6) is 11.5 Å². The number of rotatable bonds is 0. The molecule has 0 amide bonds. The quantitative estimate of drug-likeness (QED) is 0.516. The predicted octanol–water partition coefficient (Wildman–Crippen LogP) is 3.41. The summed E-state index contributed by atoms with van der Waals surface area (Å²) in [6, 6.07) is 8.38. The van der Waals surface area contributed by atoms with Crippen LogP contribution in [-0.4, -0.2) is 10.2 Å². The van der Waals surface area contributed by atoms with Gasteiger partial charge in [0.25, 0.3) is 0 Å². The number of hydrogen-bond donors (Lipinski definition) is 2. The van der Waals surface area contributed by atoms with Crippen molar-refractivity contribution in [2.75, 3.05) is 0 Å². The molecule has 0 spiro atoms. The molecule has 5 heteroatoms. The van der Waals surface area contributed by atoms with Crippen LogP contribution in [0.2, 0.25) is 0 Å². The predicted molar refractivity (Wildman–Crippen MR) is 77.8 cm³/mol. The Morgan fingerprint density at radius 1 is 1.00 bits per heavy atom. The van der Waals surface area contributed by atoms with Gasteiger partial charge in [-0.25, -0.2) is 0 Å². The first-order valence-electron chi connectivity index (χ1n) is 6.37. The first-order chi connectivity index (χ1) is 10.1. The van der Waals surface area contributed by atoms with Gasteiger partial charge in [0.15, 0.2) is 0 Å². The first-order valence-corrected chi connectivity index (χ1v) is 6.37. The molecule has 2 aromatic carbocycles. The fourth-order valence-electron chi connectivity index (χ4n) is 2.56. The molecule has 0 saturated heterocycles. The molecule has 0 radical (unpaired) electrons. The minimum Gasteiger partial charge on any atom is -0.507 e. The molecule has 4 rings (SSSR count). The Morgan fingerprint density at radius 3 is 2.52 bits per heavy atom. The lowest BCUT2D eigenvalue weighted by atomic mass is 10.1. The van der Waals surface area contributed by atoms with Gasteiger partial charge in [-0.05, 0) is 13.0 Å². The maximum atomic E-state index is 12.7. The fraction of sp³-hybridized carbons (Fsp3) is 0.0625. The zero-order chi connectivity index (χ0) is 14.7. The van der Waals surface area contributed by atoms with Crippen LogP contribution in [-0.2, 0) is 0 Å². The lowest BCUT2D eigenvalue weighted by Gasteiger charge is -2.05. The number of phenolic OH excluding ortho intramolecular Hbond substituents is 2. The highest BCUT2D eigenvalue weighted by Gasteiger charge is 2.20. The monoisotopic (exact) mass is 282 g/mol. The first kappa shape index (κ1) is 11.8. The van der Waals surface area contributed by atoms with Gasteiger partial charge in [-0.15, -0.1) is 0 Å². The molecule has 0 aliphatic heterocycles. The van der Waals surface area contributed by atoms with Gasteiger partial charge in [-0.1, -0.05) is 18.2 Å². The molecule has 104 valence electrons. The minimum absolute atomic E-state index is 0.0457. The summed E-state index contributed by atoms with van der Waals surface area (Å²) in [6.07, 6.45) is 0. The fourth-order valence-corrected chi connectivity index (χ4v) is 2.56. The van der Waals surface area contributed by atoms with Crippen LogP contribution in [0.15, 0.2) is 44.0 Å². The van der Waals surface area contributed by atoms with Gasteiger partial charge in [-0.2, -0.15) is 0 Å². The summed E-state index contributed by atoms with van der Waals surface area (Å²) in [7, 11) is 0. The van der Waals surface area contributed by atoms with Gasteiger partial charge in [0.05, 0.1) is 0 Å². The maximum absolute atomic E-state index is 12.7. The van der Waals surface area contributed by atoms with E-state index >= 15 is 0 Å². The Labute approximate surface area is 117 Å². The number of phenols is 2. The topological polar surface area (TPSA) is 83.8 Å². The van der Waals surface area contributed by atoms with Crippen LogP contribution in [0, 0.1) is 6.92 Å². The van der Waals surface area contributed by atoms with Crippen molar-refractivity contribution < 1.29 is 19.0 Å². The van der Waals surface area contributed by atoms with Crippen LogP contribution in [0.4, 0.5) is 0 Å². The average molecular weight is 282 g/mol. The largest absolute Gasteiger partial charge is 0.507 e. The molecule has 0 bridgehead atoms. The van der Waals surface area contributed by atoms with E-state index in [1.165, 1.54) is 13.0 Å². The van der Waals surface area contributed by atoms with Crippen LogP contribution < -0.4 is 5.43 Å². The third-order valence-electron chi connectivity index (χ3n) is 3.71. The minimum atomic E-state index is -0.378. The highest BCUT2D eigenvalue weighted by Crippen LogP contribution is 2.36. The van der Waals surface area contributed by atoms with Crippen molar-refractivity contribution in [3.63, 3.8) is 0 Å². The van der Waals surface area contributed by atoms with E-state index in [-0.39, 0.29) is 39.2 Å². The Bertz CT molecular complexity index is 1080. The smallest absolute Gasteiger partial charge is 0.302 e. The summed E-state index contributed by atoms with van der Waals surface area (Å²) in [5.74, 6) is -0.333. The molecule has 0 aliphatic carbocycles. The maximum Gasteiger partial charge on any atom is 0.302 e.